The van der Waals surface area contributed by atoms with Gasteiger partial charge >= 0.3 is 5.97 Å². The van der Waals surface area contributed by atoms with Crippen molar-refractivity contribution in [1.82, 2.24) is 4.98 Å². The first-order valence-electron chi connectivity index (χ1n) is 3.90. The van der Waals surface area contributed by atoms with Gasteiger partial charge in [-0.2, -0.15) is 0 Å². The molecule has 0 saturated heterocycles. The van der Waals surface area contributed by atoms with E-state index in [9.17, 15) is 14.7 Å². The first kappa shape index (κ1) is 11.9. The van der Waals surface area contributed by atoms with Crippen molar-refractivity contribution in [2.45, 2.75) is 12.2 Å². The molecule has 0 radical (unpaired) electrons. The quantitative estimate of drug-likeness (QED) is 0.602. The number of carbonyl (C=O) groups is 1. The van der Waals surface area contributed by atoms with Crippen molar-refractivity contribution < 1.29 is 20.1 Å². The van der Waals surface area contributed by atoms with Crippen LogP contribution in [0.4, 0.5) is 0 Å². The molecule has 1 aromatic heterocycles. The molecule has 0 aromatic carbocycles. The van der Waals surface area contributed by atoms with Crippen LogP contribution < -0.4 is 5.56 Å². The summed E-state index contributed by atoms with van der Waals surface area (Å²) in [5.41, 5.74) is -0.856. The number of H-pyrrole nitrogens is 1. The highest BCUT2D eigenvalue weighted by molar-refractivity contribution is 9.10. The molecule has 82 valence electrons. The summed E-state index contributed by atoms with van der Waals surface area (Å²) in [6, 6.07) is 1.25. The minimum absolute atomic E-state index is 0.209. The van der Waals surface area contributed by atoms with Crippen LogP contribution in [0.25, 0.3) is 0 Å². The van der Waals surface area contributed by atoms with Gasteiger partial charge in [0.15, 0.2) is 6.10 Å². The third-order valence-corrected chi connectivity index (χ3v) is 2.23. The topological polar surface area (TPSA) is 111 Å². The lowest BCUT2D eigenvalue weighted by atomic mass is 10.1. The first-order valence-corrected chi connectivity index (χ1v) is 4.70. The van der Waals surface area contributed by atoms with Gasteiger partial charge < -0.3 is 20.3 Å². The maximum absolute atomic E-state index is 11.2. The Morgan fingerprint density at radius 1 is 1.47 bits per heavy atom. The number of hydrogen-bond donors (Lipinski definition) is 4. The first-order chi connectivity index (χ1) is 6.93. The molecule has 2 atom stereocenters. The van der Waals surface area contributed by atoms with Crippen molar-refractivity contribution in [3.05, 3.63) is 32.7 Å². The number of nitrogens with one attached hydrogen (secondary N) is 1. The number of pyridine rings is 1. The molecule has 0 bridgehead atoms. The van der Waals surface area contributed by atoms with Gasteiger partial charge in [0.25, 0.3) is 5.56 Å². The third kappa shape index (κ3) is 2.65. The van der Waals surface area contributed by atoms with Crippen molar-refractivity contribution in [2.24, 2.45) is 0 Å². The van der Waals surface area contributed by atoms with E-state index in [1.165, 1.54) is 12.3 Å². The Kier molecular flexibility index (Phi) is 3.61. The van der Waals surface area contributed by atoms with Gasteiger partial charge in [0.05, 0.1) is 5.56 Å². The van der Waals surface area contributed by atoms with Gasteiger partial charge in [-0.3, -0.25) is 4.79 Å². The van der Waals surface area contributed by atoms with E-state index in [0.29, 0.717) is 4.47 Å². The van der Waals surface area contributed by atoms with Crippen LogP contribution in [-0.2, 0) is 4.79 Å². The van der Waals surface area contributed by atoms with Gasteiger partial charge in [0, 0.05) is 10.7 Å². The number of aromatic nitrogens is 1. The molecule has 0 aliphatic heterocycles. The molecule has 0 spiro atoms. The summed E-state index contributed by atoms with van der Waals surface area (Å²) in [7, 11) is 0. The van der Waals surface area contributed by atoms with Crippen LogP contribution in [0.15, 0.2) is 21.5 Å². The largest absolute Gasteiger partial charge is 0.479 e. The Morgan fingerprint density at radius 3 is 2.60 bits per heavy atom. The molecule has 6 nitrogen and oxygen atoms in total. The molecule has 15 heavy (non-hydrogen) atoms. The lowest BCUT2D eigenvalue weighted by molar-refractivity contribution is -0.153. The van der Waals surface area contributed by atoms with Gasteiger partial charge in [0.2, 0.25) is 0 Å². The zero-order valence-corrected chi connectivity index (χ0v) is 8.93. The second-order valence-electron chi connectivity index (χ2n) is 2.83. The Labute approximate surface area is 92.3 Å². The molecule has 0 fully saturated rings. The van der Waals surface area contributed by atoms with Crippen LogP contribution in [-0.4, -0.2) is 32.4 Å². The molecular formula is C8H8BrNO5. The van der Waals surface area contributed by atoms with Crippen LogP contribution in [0.2, 0.25) is 0 Å². The standard InChI is InChI=1S/C8H8BrNO5/c9-3-1-4(7(13)10-2-3)5(11)6(12)8(14)15/h1-2,5-6,11-12H,(H,10,13)(H,14,15). The summed E-state index contributed by atoms with van der Waals surface area (Å²) < 4.78 is 0.466. The predicted molar refractivity (Wildman–Crippen MR) is 53.4 cm³/mol. The fourth-order valence-electron chi connectivity index (χ4n) is 0.998. The third-order valence-electron chi connectivity index (χ3n) is 1.77. The van der Waals surface area contributed by atoms with Crippen molar-refractivity contribution in [2.75, 3.05) is 0 Å². The molecule has 0 aliphatic rings. The zero-order valence-electron chi connectivity index (χ0n) is 7.35. The number of aliphatic hydroxyl groups excluding tert-OH is 2. The minimum atomic E-state index is -2.03. The molecule has 4 N–H and O–H groups in total. The smallest absolute Gasteiger partial charge is 0.335 e. The van der Waals surface area contributed by atoms with Gasteiger partial charge in [-0.25, -0.2) is 4.79 Å². The maximum atomic E-state index is 11.2. The van der Waals surface area contributed by atoms with E-state index in [2.05, 4.69) is 20.9 Å². The number of aromatic amines is 1. The Morgan fingerprint density at radius 2 is 2.07 bits per heavy atom. The van der Waals surface area contributed by atoms with Crippen molar-refractivity contribution in [3.8, 4) is 0 Å². The predicted octanol–water partition coefficient (Wildman–Crippen LogP) is -0.384. The lowest BCUT2D eigenvalue weighted by Crippen LogP contribution is -2.31. The lowest BCUT2D eigenvalue weighted by Gasteiger charge is -2.13. The van der Waals surface area contributed by atoms with E-state index in [0.717, 1.165) is 0 Å². The molecule has 2 unspecified atom stereocenters. The van der Waals surface area contributed by atoms with Crippen LogP contribution in [0.1, 0.15) is 11.7 Å². The fraction of sp³-hybridized carbons (Fsp3) is 0.250. The summed E-state index contributed by atoms with van der Waals surface area (Å²) >= 11 is 3.04. The van der Waals surface area contributed by atoms with E-state index in [1.54, 1.807) is 0 Å². The number of hydrogen-bond acceptors (Lipinski definition) is 4. The number of carboxylic acids is 1. The van der Waals surface area contributed by atoms with Gasteiger partial charge in [0.1, 0.15) is 6.10 Å². The molecule has 1 rings (SSSR count). The highest BCUT2D eigenvalue weighted by Crippen LogP contribution is 2.16. The van der Waals surface area contributed by atoms with E-state index in [-0.39, 0.29) is 5.56 Å². The van der Waals surface area contributed by atoms with Crippen molar-refractivity contribution in [1.29, 1.82) is 0 Å². The SMILES string of the molecule is O=C(O)C(O)C(O)c1cc(Br)c[nH]c1=O. The second-order valence-corrected chi connectivity index (χ2v) is 3.75. The molecule has 0 amide bonds. The van der Waals surface area contributed by atoms with E-state index >= 15 is 0 Å². The normalized spacial score (nSPS) is 14.6. The maximum Gasteiger partial charge on any atom is 0.335 e. The highest BCUT2D eigenvalue weighted by Gasteiger charge is 2.27. The van der Waals surface area contributed by atoms with Crippen molar-refractivity contribution >= 4 is 21.9 Å². The summed E-state index contributed by atoms with van der Waals surface area (Å²) in [6.45, 7) is 0. The highest BCUT2D eigenvalue weighted by atomic mass is 79.9. The molecule has 7 heteroatoms. The van der Waals surface area contributed by atoms with Crippen LogP contribution >= 0.6 is 15.9 Å². The van der Waals surface area contributed by atoms with E-state index in [1.807, 2.05) is 0 Å². The van der Waals surface area contributed by atoms with Crippen LogP contribution in [0, 0.1) is 0 Å². The van der Waals surface area contributed by atoms with Gasteiger partial charge in [-0.05, 0) is 22.0 Å². The number of carboxylic acid groups (broad SMARTS) is 1. The molecule has 0 aliphatic carbocycles. The molecule has 0 saturated carbocycles. The average Bonchev–Trinajstić information content (AvgIpc) is 2.19. The van der Waals surface area contributed by atoms with Gasteiger partial charge in [-0.1, -0.05) is 0 Å². The summed E-state index contributed by atoms with van der Waals surface area (Å²) in [5, 5.41) is 26.9. The number of halogens is 1. The Bertz CT molecular complexity index is 429. The van der Waals surface area contributed by atoms with Gasteiger partial charge in [-0.15, -0.1) is 0 Å². The fourth-order valence-corrected chi connectivity index (χ4v) is 1.36. The zero-order chi connectivity index (χ0) is 11.6. The molecule has 1 heterocycles. The summed E-state index contributed by atoms with van der Waals surface area (Å²) in [4.78, 5) is 23.9. The minimum Gasteiger partial charge on any atom is -0.479 e. The summed E-state index contributed by atoms with van der Waals surface area (Å²) in [6.07, 6.45) is -2.45. The molecular weight excluding hydrogens is 270 g/mol. The van der Waals surface area contributed by atoms with Crippen LogP contribution in [0.3, 0.4) is 0 Å². The Hall–Kier alpha value is -1.18. The number of rotatable bonds is 3. The van der Waals surface area contributed by atoms with E-state index < -0.39 is 23.7 Å². The number of aliphatic hydroxyl groups is 2. The summed E-state index contributed by atoms with van der Waals surface area (Å²) in [5.74, 6) is -1.60. The number of aliphatic carboxylic acids is 1. The Balaban J connectivity index is 3.10. The van der Waals surface area contributed by atoms with Crippen molar-refractivity contribution in [3.63, 3.8) is 0 Å². The second kappa shape index (κ2) is 4.56. The van der Waals surface area contributed by atoms with Crippen LogP contribution in [0.5, 0.6) is 0 Å². The molecule has 1 aromatic rings. The monoisotopic (exact) mass is 277 g/mol. The average molecular weight is 278 g/mol. The van der Waals surface area contributed by atoms with E-state index in [4.69, 9.17) is 10.2 Å².